The first kappa shape index (κ1) is 20.5. The number of thioether (sulfide) groups is 1. The highest BCUT2D eigenvalue weighted by Gasteiger charge is 2.35. The van der Waals surface area contributed by atoms with Crippen molar-refractivity contribution in [3.8, 4) is 0 Å². The second-order valence-corrected chi connectivity index (χ2v) is 9.54. The van der Waals surface area contributed by atoms with Gasteiger partial charge in [0.15, 0.2) is 0 Å². The van der Waals surface area contributed by atoms with Crippen LogP contribution in [0, 0.1) is 5.41 Å². The van der Waals surface area contributed by atoms with Crippen LogP contribution in [-0.4, -0.2) is 17.6 Å². The zero-order chi connectivity index (χ0) is 20.5. The van der Waals surface area contributed by atoms with Crippen molar-refractivity contribution in [3.05, 3.63) is 59.7 Å². The van der Waals surface area contributed by atoms with Crippen LogP contribution in [-0.2, 0) is 9.59 Å². The molecule has 2 aromatic rings. The molecule has 1 fully saturated rings. The lowest BCUT2D eigenvalue weighted by atomic mass is 9.95. The van der Waals surface area contributed by atoms with E-state index in [1.165, 1.54) is 5.56 Å². The fourth-order valence-corrected chi connectivity index (χ4v) is 4.35. The van der Waals surface area contributed by atoms with Gasteiger partial charge in [-0.3, -0.25) is 14.5 Å². The summed E-state index contributed by atoms with van der Waals surface area (Å²) in [7, 11) is 0. The van der Waals surface area contributed by atoms with E-state index in [-0.39, 0.29) is 17.2 Å². The lowest BCUT2D eigenvalue weighted by Gasteiger charge is -2.28. The van der Waals surface area contributed by atoms with Gasteiger partial charge in [0, 0.05) is 16.8 Å². The van der Waals surface area contributed by atoms with Crippen molar-refractivity contribution >= 4 is 35.0 Å². The number of carbonyl (C=O) groups excluding carboxylic acids is 2. The summed E-state index contributed by atoms with van der Waals surface area (Å²) in [5.41, 5.74) is 3.55. The summed E-state index contributed by atoms with van der Waals surface area (Å²) in [5, 5.41) is 2.89. The number of hydrogen-bond donors (Lipinski definition) is 1. The van der Waals surface area contributed by atoms with E-state index in [9.17, 15) is 9.59 Å². The standard InChI is InChI=1S/C23H28N2O2S/c1-15(2)18-8-6-7-9-19(18)25-20(26)14-28-21(25)16-10-12-17(13-11-16)24-22(27)23(3,4)5/h6-13,15,21H,14H2,1-5H3,(H,24,27). The topological polar surface area (TPSA) is 49.4 Å². The first-order chi connectivity index (χ1) is 13.2. The van der Waals surface area contributed by atoms with Gasteiger partial charge in [-0.05, 0) is 35.2 Å². The number of nitrogens with one attached hydrogen (secondary N) is 1. The smallest absolute Gasteiger partial charge is 0.238 e. The largest absolute Gasteiger partial charge is 0.326 e. The molecule has 0 aliphatic carbocycles. The van der Waals surface area contributed by atoms with Crippen molar-refractivity contribution in [2.24, 2.45) is 5.41 Å². The van der Waals surface area contributed by atoms with E-state index in [2.05, 4.69) is 25.2 Å². The Balaban J connectivity index is 1.87. The lowest BCUT2D eigenvalue weighted by Crippen LogP contribution is -2.29. The zero-order valence-corrected chi connectivity index (χ0v) is 18.0. The Kier molecular flexibility index (Phi) is 5.84. The highest BCUT2D eigenvalue weighted by molar-refractivity contribution is 8.00. The molecule has 1 aliphatic rings. The maximum atomic E-state index is 12.7. The number of anilines is 2. The summed E-state index contributed by atoms with van der Waals surface area (Å²) < 4.78 is 0. The number of hydrogen-bond acceptors (Lipinski definition) is 3. The molecule has 28 heavy (non-hydrogen) atoms. The number of nitrogens with zero attached hydrogens (tertiary/aromatic N) is 1. The van der Waals surface area contributed by atoms with Crippen molar-refractivity contribution in [2.45, 2.75) is 45.9 Å². The van der Waals surface area contributed by atoms with Gasteiger partial charge in [-0.2, -0.15) is 0 Å². The Morgan fingerprint density at radius 1 is 1.11 bits per heavy atom. The summed E-state index contributed by atoms with van der Waals surface area (Å²) in [4.78, 5) is 26.8. The highest BCUT2D eigenvalue weighted by atomic mass is 32.2. The number of benzene rings is 2. The van der Waals surface area contributed by atoms with E-state index in [4.69, 9.17) is 0 Å². The summed E-state index contributed by atoms with van der Waals surface area (Å²) in [6.07, 6.45) is 0. The van der Waals surface area contributed by atoms with Gasteiger partial charge >= 0.3 is 0 Å². The number of carbonyl (C=O) groups is 2. The second-order valence-electron chi connectivity index (χ2n) is 8.47. The molecule has 1 saturated heterocycles. The van der Waals surface area contributed by atoms with Gasteiger partial charge in [0.25, 0.3) is 0 Å². The fraction of sp³-hybridized carbons (Fsp3) is 0.391. The minimum atomic E-state index is -0.441. The van der Waals surface area contributed by atoms with Gasteiger partial charge in [-0.1, -0.05) is 65.0 Å². The molecule has 0 spiro atoms. The summed E-state index contributed by atoms with van der Waals surface area (Å²) >= 11 is 1.64. The number of para-hydroxylation sites is 1. The minimum Gasteiger partial charge on any atom is -0.326 e. The molecule has 3 rings (SSSR count). The van der Waals surface area contributed by atoms with Gasteiger partial charge < -0.3 is 5.32 Å². The van der Waals surface area contributed by atoms with E-state index in [1.807, 2.05) is 68.1 Å². The molecule has 0 saturated carbocycles. The molecular formula is C23H28N2O2S. The van der Waals surface area contributed by atoms with Crippen LogP contribution in [0.15, 0.2) is 48.5 Å². The van der Waals surface area contributed by atoms with E-state index in [0.717, 1.165) is 16.9 Å². The monoisotopic (exact) mass is 396 g/mol. The highest BCUT2D eigenvalue weighted by Crippen LogP contribution is 2.44. The van der Waals surface area contributed by atoms with E-state index in [1.54, 1.807) is 11.8 Å². The Morgan fingerprint density at radius 3 is 2.36 bits per heavy atom. The van der Waals surface area contributed by atoms with Crippen LogP contribution in [0.5, 0.6) is 0 Å². The number of amides is 2. The summed E-state index contributed by atoms with van der Waals surface area (Å²) in [5.74, 6) is 0.927. The predicted molar refractivity (Wildman–Crippen MR) is 118 cm³/mol. The van der Waals surface area contributed by atoms with Gasteiger partial charge in [0.1, 0.15) is 5.37 Å². The van der Waals surface area contributed by atoms with E-state index >= 15 is 0 Å². The maximum absolute atomic E-state index is 12.7. The normalized spacial score (nSPS) is 17.3. The molecule has 0 aromatic heterocycles. The molecule has 0 bridgehead atoms. The van der Waals surface area contributed by atoms with Crippen LogP contribution >= 0.6 is 11.8 Å². The van der Waals surface area contributed by atoms with Crippen molar-refractivity contribution in [2.75, 3.05) is 16.0 Å². The molecule has 1 N–H and O–H groups in total. The van der Waals surface area contributed by atoms with Crippen LogP contribution in [0.25, 0.3) is 0 Å². The van der Waals surface area contributed by atoms with Crippen LogP contribution in [0.4, 0.5) is 11.4 Å². The average molecular weight is 397 g/mol. The average Bonchev–Trinajstić information content (AvgIpc) is 3.03. The molecular weight excluding hydrogens is 368 g/mol. The molecule has 1 atom stereocenters. The van der Waals surface area contributed by atoms with Gasteiger partial charge in [-0.25, -0.2) is 0 Å². The maximum Gasteiger partial charge on any atom is 0.238 e. The summed E-state index contributed by atoms with van der Waals surface area (Å²) in [6.45, 7) is 9.97. The van der Waals surface area contributed by atoms with Crippen LogP contribution in [0.3, 0.4) is 0 Å². The Morgan fingerprint density at radius 2 is 1.75 bits per heavy atom. The van der Waals surface area contributed by atoms with Gasteiger partial charge in [0.2, 0.25) is 11.8 Å². The fourth-order valence-electron chi connectivity index (χ4n) is 3.18. The van der Waals surface area contributed by atoms with Crippen molar-refractivity contribution in [1.29, 1.82) is 0 Å². The quantitative estimate of drug-likeness (QED) is 0.735. The van der Waals surface area contributed by atoms with Crippen LogP contribution in [0.1, 0.15) is 57.0 Å². The van der Waals surface area contributed by atoms with E-state index < -0.39 is 5.41 Å². The zero-order valence-electron chi connectivity index (χ0n) is 17.2. The molecule has 1 aliphatic heterocycles. The predicted octanol–water partition coefficient (Wildman–Crippen LogP) is 5.57. The molecule has 4 nitrogen and oxygen atoms in total. The lowest BCUT2D eigenvalue weighted by molar-refractivity contribution is -0.123. The molecule has 2 aromatic carbocycles. The minimum absolute atomic E-state index is 0.0156. The van der Waals surface area contributed by atoms with Crippen molar-refractivity contribution < 1.29 is 9.59 Å². The third-order valence-corrected chi connectivity index (χ3v) is 6.03. The second kappa shape index (κ2) is 8.00. The third-order valence-electron chi connectivity index (χ3n) is 4.82. The molecule has 5 heteroatoms. The molecule has 1 unspecified atom stereocenters. The Bertz CT molecular complexity index is 869. The first-order valence-corrected chi connectivity index (χ1v) is 10.7. The Labute approximate surface area is 171 Å². The van der Waals surface area contributed by atoms with Crippen molar-refractivity contribution in [1.82, 2.24) is 0 Å². The van der Waals surface area contributed by atoms with Crippen molar-refractivity contribution in [3.63, 3.8) is 0 Å². The van der Waals surface area contributed by atoms with Crippen LogP contribution in [0.2, 0.25) is 0 Å². The summed E-state index contributed by atoms with van der Waals surface area (Å²) in [6, 6.07) is 16.0. The van der Waals surface area contributed by atoms with Gasteiger partial charge in [0.05, 0.1) is 5.75 Å². The third kappa shape index (κ3) is 4.25. The molecule has 0 radical (unpaired) electrons. The molecule has 148 valence electrons. The SMILES string of the molecule is CC(C)c1ccccc1N1C(=O)CSC1c1ccc(NC(=O)C(C)(C)C)cc1. The molecule has 2 amide bonds. The Hall–Kier alpha value is -2.27. The molecule has 1 heterocycles. The first-order valence-electron chi connectivity index (χ1n) is 9.62. The van der Waals surface area contributed by atoms with Crippen LogP contribution < -0.4 is 10.2 Å². The number of rotatable bonds is 4. The van der Waals surface area contributed by atoms with Gasteiger partial charge in [-0.15, -0.1) is 11.8 Å². The van der Waals surface area contributed by atoms with E-state index in [0.29, 0.717) is 11.7 Å².